The zero-order valence-electron chi connectivity index (χ0n) is 13.7. The Balaban J connectivity index is -0.00000128. The summed E-state index contributed by atoms with van der Waals surface area (Å²) >= 11 is 0. The molecule has 1 nitrogen and oxygen atoms in total. The number of rotatable bonds is 12. The van der Waals surface area contributed by atoms with Crippen LogP contribution in [0.5, 0.6) is 0 Å². The number of quaternary nitrogens is 1. The van der Waals surface area contributed by atoms with Gasteiger partial charge in [0.1, 0.15) is 0 Å². The zero-order valence-corrected chi connectivity index (χ0v) is 17.2. The number of unbranched alkanes of at least 4 members (excludes halogenated alkanes) is 4. The minimum atomic E-state index is 0. The first-order chi connectivity index (χ1) is 8.24. The van der Waals surface area contributed by atoms with Gasteiger partial charge in [-0.2, -0.15) is 0 Å². The van der Waals surface area contributed by atoms with Gasteiger partial charge in [-0.1, -0.05) is 53.4 Å². The van der Waals surface area contributed by atoms with E-state index in [1.54, 1.807) is 0 Å². The predicted octanol–water partition coefficient (Wildman–Crippen LogP) is 6.16. The normalized spacial score (nSPS) is 10.7. The Morgan fingerprint density at radius 3 is 0.842 bits per heavy atom. The summed E-state index contributed by atoms with van der Waals surface area (Å²) < 4.78 is 1.42. The Morgan fingerprint density at radius 2 is 0.684 bits per heavy atom. The summed E-state index contributed by atoms with van der Waals surface area (Å²) in [7, 11) is 0. The summed E-state index contributed by atoms with van der Waals surface area (Å²) in [6, 6.07) is 0. The average molecular weight is 404 g/mol. The fourth-order valence-corrected chi connectivity index (χ4v) is 2.64. The van der Waals surface area contributed by atoms with Crippen molar-refractivity contribution >= 4 is 34.0 Å². The molecule has 0 aliphatic rings. The van der Waals surface area contributed by atoms with Crippen LogP contribution in [-0.2, 0) is 0 Å². The smallest absolute Gasteiger partial charge is 0.0786 e. The summed E-state index contributed by atoms with van der Waals surface area (Å²) in [5, 5.41) is 0. The summed E-state index contributed by atoms with van der Waals surface area (Å²) in [4.78, 5) is 0. The van der Waals surface area contributed by atoms with Gasteiger partial charge in [0.05, 0.1) is 26.2 Å². The highest BCUT2D eigenvalue weighted by Gasteiger charge is 2.24. The van der Waals surface area contributed by atoms with Crippen molar-refractivity contribution in [2.75, 3.05) is 26.2 Å². The molecule has 0 saturated heterocycles. The first kappa shape index (κ1) is 24.9. The van der Waals surface area contributed by atoms with E-state index in [0.29, 0.717) is 0 Å². The lowest BCUT2D eigenvalue weighted by atomic mass is 10.1. The van der Waals surface area contributed by atoms with Crippen LogP contribution in [-0.4, -0.2) is 30.7 Å². The minimum Gasteiger partial charge on any atom is -0.324 e. The topological polar surface area (TPSA) is 0 Å². The highest BCUT2D eigenvalue weighted by molar-refractivity contribution is 8.93. The van der Waals surface area contributed by atoms with E-state index in [0.717, 1.165) is 0 Å². The van der Waals surface area contributed by atoms with Crippen molar-refractivity contribution < 1.29 is 4.48 Å². The van der Waals surface area contributed by atoms with E-state index in [1.807, 2.05) is 0 Å². The Hall–Kier alpha value is 0.920. The number of halogens is 2. The SMILES string of the molecule is Br.Br.CCCC[N+](CCCC)(CCCC)CCCC. The molecule has 0 unspecified atom stereocenters. The quantitative estimate of drug-likeness (QED) is 0.342. The molecular formula is C16H38Br2N+. The second kappa shape index (κ2) is 17.0. The highest BCUT2D eigenvalue weighted by Crippen LogP contribution is 2.16. The van der Waals surface area contributed by atoms with E-state index in [4.69, 9.17) is 0 Å². The third-order valence-corrected chi connectivity index (χ3v) is 3.94. The molecule has 0 rings (SSSR count). The van der Waals surface area contributed by atoms with Gasteiger partial charge in [-0.15, -0.1) is 34.0 Å². The molecule has 0 aliphatic carbocycles. The van der Waals surface area contributed by atoms with Crippen molar-refractivity contribution in [3.8, 4) is 0 Å². The maximum Gasteiger partial charge on any atom is 0.0786 e. The standard InChI is InChI=1S/C16H36N.2BrH/c1-5-9-13-17(14-10-6-2,15-11-7-3)16-12-8-4;;/h5-16H2,1-4H3;2*1H/q+1;;. The van der Waals surface area contributed by atoms with E-state index in [9.17, 15) is 0 Å². The molecule has 3 heteroatoms. The van der Waals surface area contributed by atoms with Crippen LogP contribution in [0.4, 0.5) is 0 Å². The fraction of sp³-hybridized carbons (Fsp3) is 1.00. The summed E-state index contributed by atoms with van der Waals surface area (Å²) in [6.07, 6.45) is 11.1. The van der Waals surface area contributed by atoms with E-state index >= 15 is 0 Å². The molecule has 0 N–H and O–H groups in total. The lowest BCUT2D eigenvalue weighted by Crippen LogP contribution is -2.50. The van der Waals surface area contributed by atoms with Crippen LogP contribution in [0.15, 0.2) is 0 Å². The lowest BCUT2D eigenvalue weighted by Gasteiger charge is -2.39. The van der Waals surface area contributed by atoms with E-state index in [-0.39, 0.29) is 34.0 Å². The van der Waals surface area contributed by atoms with Gasteiger partial charge in [0.25, 0.3) is 0 Å². The van der Waals surface area contributed by atoms with Gasteiger partial charge in [-0.25, -0.2) is 0 Å². The molecule has 0 bridgehead atoms. The first-order valence-electron chi connectivity index (χ1n) is 8.09. The monoisotopic (exact) mass is 402 g/mol. The Kier molecular flexibility index (Phi) is 22.3. The summed E-state index contributed by atoms with van der Waals surface area (Å²) in [5.74, 6) is 0. The Labute approximate surface area is 143 Å². The summed E-state index contributed by atoms with van der Waals surface area (Å²) in [5.41, 5.74) is 0. The molecule has 19 heavy (non-hydrogen) atoms. The Bertz CT molecular complexity index is 125. The molecule has 0 aromatic rings. The maximum atomic E-state index is 2.33. The molecule has 0 aromatic heterocycles. The van der Waals surface area contributed by atoms with Crippen molar-refractivity contribution in [2.24, 2.45) is 0 Å². The fourth-order valence-electron chi connectivity index (χ4n) is 2.64. The number of hydrogen-bond acceptors (Lipinski definition) is 0. The lowest BCUT2D eigenvalue weighted by molar-refractivity contribution is -0.929. The minimum absolute atomic E-state index is 0. The van der Waals surface area contributed by atoms with Crippen LogP contribution in [0.1, 0.15) is 79.1 Å². The van der Waals surface area contributed by atoms with Crippen LogP contribution in [0, 0.1) is 0 Å². The average Bonchev–Trinajstić information content (AvgIpc) is 2.37. The third-order valence-electron chi connectivity index (χ3n) is 3.94. The van der Waals surface area contributed by atoms with Crippen LogP contribution < -0.4 is 0 Å². The maximum absolute atomic E-state index is 2.33. The molecule has 0 saturated carbocycles. The van der Waals surface area contributed by atoms with E-state index in [2.05, 4.69) is 27.7 Å². The van der Waals surface area contributed by atoms with Crippen molar-refractivity contribution in [2.45, 2.75) is 79.1 Å². The van der Waals surface area contributed by atoms with Gasteiger partial charge in [-0.05, 0) is 25.7 Å². The molecule has 0 heterocycles. The van der Waals surface area contributed by atoms with E-state index < -0.39 is 0 Å². The van der Waals surface area contributed by atoms with Gasteiger partial charge >= 0.3 is 0 Å². The second-order valence-corrected chi connectivity index (χ2v) is 5.65. The van der Waals surface area contributed by atoms with Gasteiger partial charge in [0, 0.05) is 0 Å². The number of nitrogens with zero attached hydrogens (tertiary/aromatic N) is 1. The first-order valence-corrected chi connectivity index (χ1v) is 8.09. The Morgan fingerprint density at radius 1 is 0.474 bits per heavy atom. The van der Waals surface area contributed by atoms with Crippen molar-refractivity contribution in [1.29, 1.82) is 0 Å². The molecule has 120 valence electrons. The molecule has 0 radical (unpaired) electrons. The molecule has 0 amide bonds. The molecule has 0 aromatic carbocycles. The van der Waals surface area contributed by atoms with Crippen LogP contribution >= 0.6 is 34.0 Å². The predicted molar refractivity (Wildman–Crippen MR) is 100 cm³/mol. The van der Waals surface area contributed by atoms with Crippen molar-refractivity contribution in [3.05, 3.63) is 0 Å². The van der Waals surface area contributed by atoms with Gasteiger partial charge < -0.3 is 4.48 Å². The molecule has 0 aliphatic heterocycles. The van der Waals surface area contributed by atoms with Crippen LogP contribution in [0.25, 0.3) is 0 Å². The zero-order chi connectivity index (χ0) is 13.0. The van der Waals surface area contributed by atoms with Crippen LogP contribution in [0.3, 0.4) is 0 Å². The van der Waals surface area contributed by atoms with Gasteiger partial charge in [0.2, 0.25) is 0 Å². The highest BCUT2D eigenvalue weighted by atomic mass is 79.9. The number of hydrogen-bond donors (Lipinski definition) is 0. The molecule has 0 spiro atoms. The van der Waals surface area contributed by atoms with Gasteiger partial charge in [-0.3, -0.25) is 0 Å². The van der Waals surface area contributed by atoms with Gasteiger partial charge in [0.15, 0.2) is 0 Å². The van der Waals surface area contributed by atoms with Crippen LogP contribution in [0.2, 0.25) is 0 Å². The molecule has 0 fully saturated rings. The van der Waals surface area contributed by atoms with Crippen molar-refractivity contribution in [1.82, 2.24) is 0 Å². The molecule has 0 atom stereocenters. The molecular weight excluding hydrogens is 366 g/mol. The van der Waals surface area contributed by atoms with E-state index in [1.165, 1.54) is 82.0 Å². The largest absolute Gasteiger partial charge is 0.324 e. The second-order valence-electron chi connectivity index (χ2n) is 5.65. The summed E-state index contributed by atoms with van der Waals surface area (Å²) in [6.45, 7) is 15.0. The third kappa shape index (κ3) is 12.4. The van der Waals surface area contributed by atoms with Crippen molar-refractivity contribution in [3.63, 3.8) is 0 Å².